The summed E-state index contributed by atoms with van der Waals surface area (Å²) in [4.78, 5) is 15.2. The average Bonchev–Trinajstić information content (AvgIpc) is 3.11. The molecule has 0 N–H and O–H groups in total. The molecule has 4 nitrogen and oxygen atoms in total. The molecule has 0 saturated carbocycles. The summed E-state index contributed by atoms with van der Waals surface area (Å²) in [6, 6.07) is 8.71. The first-order valence-electron chi connectivity index (χ1n) is 9.96. The molecular weight excluding hydrogens is 370 g/mol. The Labute approximate surface area is 170 Å². The molecule has 0 spiro atoms. The maximum atomic E-state index is 11.4. The zero-order chi connectivity index (χ0) is 19.5. The fraction of sp³-hybridized carbons (Fsp3) is 0.435. The van der Waals surface area contributed by atoms with Crippen LogP contribution >= 0.6 is 11.3 Å². The molecule has 2 aliphatic heterocycles. The van der Waals surface area contributed by atoms with Crippen molar-refractivity contribution in [2.75, 3.05) is 27.2 Å². The van der Waals surface area contributed by atoms with Crippen LogP contribution < -0.4 is 4.74 Å². The highest BCUT2D eigenvalue weighted by molar-refractivity contribution is 7.11. The summed E-state index contributed by atoms with van der Waals surface area (Å²) in [7, 11) is 3.64. The summed E-state index contributed by atoms with van der Waals surface area (Å²) >= 11 is 1.82. The Morgan fingerprint density at radius 1 is 1.25 bits per heavy atom. The second-order valence-electron chi connectivity index (χ2n) is 7.61. The van der Waals surface area contributed by atoms with Crippen molar-refractivity contribution in [1.82, 2.24) is 4.90 Å². The maximum Gasteiger partial charge on any atom is 0.305 e. The van der Waals surface area contributed by atoms with Gasteiger partial charge in [0.15, 0.2) is 0 Å². The molecule has 0 atom stereocenters. The summed E-state index contributed by atoms with van der Waals surface area (Å²) in [6.45, 7) is 2.84. The van der Waals surface area contributed by atoms with Crippen molar-refractivity contribution < 1.29 is 14.3 Å². The van der Waals surface area contributed by atoms with Crippen molar-refractivity contribution in [1.29, 1.82) is 0 Å². The van der Waals surface area contributed by atoms with E-state index in [0.29, 0.717) is 13.0 Å². The fourth-order valence-corrected chi connectivity index (χ4v) is 5.05. The molecule has 1 aromatic carbocycles. The Kier molecular flexibility index (Phi) is 5.83. The van der Waals surface area contributed by atoms with E-state index < -0.39 is 0 Å². The topological polar surface area (TPSA) is 38.8 Å². The lowest BCUT2D eigenvalue weighted by molar-refractivity contribution is -0.140. The summed E-state index contributed by atoms with van der Waals surface area (Å²) in [5.41, 5.74) is 6.68. The molecule has 1 saturated heterocycles. The van der Waals surface area contributed by atoms with Crippen molar-refractivity contribution in [3.63, 3.8) is 0 Å². The van der Waals surface area contributed by atoms with E-state index in [9.17, 15) is 4.79 Å². The van der Waals surface area contributed by atoms with Crippen molar-refractivity contribution in [2.24, 2.45) is 0 Å². The van der Waals surface area contributed by atoms with Crippen molar-refractivity contribution in [3.05, 3.63) is 56.8 Å². The smallest absolute Gasteiger partial charge is 0.305 e. The Hall–Kier alpha value is -2.11. The Bertz CT molecular complexity index is 889. The number of benzene rings is 1. The lowest BCUT2D eigenvalue weighted by atomic mass is 9.89. The molecule has 0 unspecified atom stereocenters. The Morgan fingerprint density at radius 3 is 2.86 bits per heavy atom. The third kappa shape index (κ3) is 4.01. The number of hydrogen-bond donors (Lipinski definition) is 0. The van der Waals surface area contributed by atoms with Crippen molar-refractivity contribution >= 4 is 22.9 Å². The number of nitrogens with zero attached hydrogens (tertiary/aromatic N) is 1. The van der Waals surface area contributed by atoms with Crippen LogP contribution in [0.5, 0.6) is 5.75 Å². The standard InChI is InChI=1S/C23H27NO3S/c1-24-11-8-17(9-12-24)22-19-14-16(4-3-5-21(25)26-2)6-7-20(19)27-15-18-10-13-28-23(18)22/h6-7,10,13-14H,3-5,8-9,11-12,15H2,1-2H3. The van der Waals surface area contributed by atoms with Gasteiger partial charge in [-0.15, -0.1) is 11.3 Å². The van der Waals surface area contributed by atoms with Crippen molar-refractivity contribution in [2.45, 2.75) is 38.7 Å². The van der Waals surface area contributed by atoms with E-state index in [1.54, 1.807) is 5.57 Å². The summed E-state index contributed by atoms with van der Waals surface area (Å²) in [5.74, 6) is 0.831. The van der Waals surface area contributed by atoms with Crippen LogP contribution in [0.15, 0.2) is 35.2 Å². The molecule has 0 aliphatic carbocycles. The maximum absolute atomic E-state index is 11.4. The average molecular weight is 398 g/mol. The predicted octanol–water partition coefficient (Wildman–Crippen LogP) is 4.66. The van der Waals surface area contributed by atoms with Crippen LogP contribution in [-0.2, 0) is 22.6 Å². The Balaban J connectivity index is 1.70. The summed E-state index contributed by atoms with van der Waals surface area (Å²) < 4.78 is 10.9. The predicted molar refractivity (Wildman–Crippen MR) is 113 cm³/mol. The van der Waals surface area contributed by atoms with Gasteiger partial charge in [-0.2, -0.15) is 0 Å². The number of thiophene rings is 1. The Morgan fingerprint density at radius 2 is 2.07 bits per heavy atom. The lowest BCUT2D eigenvalue weighted by Crippen LogP contribution is -2.26. The second kappa shape index (κ2) is 8.50. The third-order valence-electron chi connectivity index (χ3n) is 5.69. The number of carbonyl (C=O) groups excluding carboxylic acids is 1. The van der Waals surface area contributed by atoms with Gasteiger partial charge in [-0.3, -0.25) is 4.79 Å². The highest BCUT2D eigenvalue weighted by Crippen LogP contribution is 2.43. The van der Waals surface area contributed by atoms with Gasteiger partial charge >= 0.3 is 5.97 Å². The van der Waals surface area contributed by atoms with Gasteiger partial charge in [0.2, 0.25) is 0 Å². The lowest BCUT2D eigenvalue weighted by Gasteiger charge is -2.26. The normalized spacial score (nSPS) is 16.8. The van der Waals surface area contributed by atoms with Crippen molar-refractivity contribution in [3.8, 4) is 5.75 Å². The van der Waals surface area contributed by atoms with Gasteiger partial charge in [0, 0.05) is 41.1 Å². The highest BCUT2D eigenvalue weighted by Gasteiger charge is 2.25. The molecule has 2 aliphatic rings. The molecule has 4 rings (SSSR count). The van der Waals surface area contributed by atoms with E-state index >= 15 is 0 Å². The number of aryl methyl sites for hydroxylation is 1. The molecule has 0 bridgehead atoms. The van der Waals surface area contributed by atoms with Gasteiger partial charge in [0.05, 0.1) is 7.11 Å². The quantitative estimate of drug-likeness (QED) is 0.703. The number of esters is 1. The molecule has 3 heterocycles. The first kappa shape index (κ1) is 19.2. The summed E-state index contributed by atoms with van der Waals surface area (Å²) in [6.07, 6.45) is 4.34. The largest absolute Gasteiger partial charge is 0.488 e. The van der Waals surface area contributed by atoms with Gasteiger partial charge in [0.1, 0.15) is 12.4 Å². The van der Waals surface area contributed by atoms with Crippen LogP contribution in [0.2, 0.25) is 0 Å². The summed E-state index contributed by atoms with van der Waals surface area (Å²) in [5, 5.41) is 2.18. The van der Waals surface area contributed by atoms with Gasteiger partial charge in [-0.05, 0) is 61.9 Å². The third-order valence-corrected chi connectivity index (χ3v) is 6.66. The molecular formula is C23H27NO3S. The molecule has 28 heavy (non-hydrogen) atoms. The van der Waals surface area contributed by atoms with Crippen LogP contribution in [-0.4, -0.2) is 38.1 Å². The number of piperidine rings is 1. The van der Waals surface area contributed by atoms with E-state index in [1.807, 2.05) is 11.3 Å². The van der Waals surface area contributed by atoms with E-state index in [1.165, 1.54) is 34.3 Å². The second-order valence-corrected chi connectivity index (χ2v) is 8.52. The number of fused-ring (bicyclic) bond motifs is 2. The minimum absolute atomic E-state index is 0.143. The van der Waals surface area contributed by atoms with Crippen LogP contribution in [0.1, 0.15) is 47.3 Å². The molecule has 148 valence electrons. The molecule has 0 amide bonds. The molecule has 1 aromatic heterocycles. The van der Waals surface area contributed by atoms with E-state index in [4.69, 9.17) is 9.47 Å². The van der Waals surface area contributed by atoms with Crippen LogP contribution in [0.3, 0.4) is 0 Å². The van der Waals surface area contributed by atoms with Crippen LogP contribution in [0.4, 0.5) is 0 Å². The van der Waals surface area contributed by atoms with Gasteiger partial charge < -0.3 is 14.4 Å². The minimum Gasteiger partial charge on any atom is -0.488 e. The van der Waals surface area contributed by atoms with Gasteiger partial charge in [-0.25, -0.2) is 0 Å². The van der Waals surface area contributed by atoms with Gasteiger partial charge in [0.25, 0.3) is 0 Å². The van der Waals surface area contributed by atoms with Gasteiger partial charge in [-0.1, -0.05) is 11.6 Å². The first-order chi connectivity index (χ1) is 13.7. The van der Waals surface area contributed by atoms with Crippen LogP contribution in [0.25, 0.3) is 5.57 Å². The zero-order valence-electron chi connectivity index (χ0n) is 16.6. The highest BCUT2D eigenvalue weighted by atomic mass is 32.1. The number of likely N-dealkylation sites (tertiary alicyclic amines) is 1. The number of methoxy groups -OCH3 is 1. The minimum atomic E-state index is -0.143. The van der Waals surface area contributed by atoms with E-state index in [-0.39, 0.29) is 5.97 Å². The number of ether oxygens (including phenoxy) is 2. The SMILES string of the molecule is COC(=O)CCCc1ccc2c(c1)C(=C1CCN(C)CC1)c1sccc1CO2. The number of rotatable bonds is 4. The molecule has 2 aromatic rings. The molecule has 0 radical (unpaired) electrons. The van der Waals surface area contributed by atoms with E-state index in [0.717, 1.165) is 44.5 Å². The first-order valence-corrected chi connectivity index (χ1v) is 10.8. The molecule has 5 heteroatoms. The van der Waals surface area contributed by atoms with Crippen LogP contribution in [0, 0.1) is 0 Å². The molecule has 1 fully saturated rings. The zero-order valence-corrected chi connectivity index (χ0v) is 17.4. The van der Waals surface area contributed by atoms with E-state index in [2.05, 4.69) is 41.6 Å². The monoisotopic (exact) mass is 397 g/mol. The number of hydrogen-bond acceptors (Lipinski definition) is 5. The number of carbonyl (C=O) groups is 1. The fourth-order valence-electron chi connectivity index (χ4n) is 4.03.